The van der Waals surface area contributed by atoms with Gasteiger partial charge in [0.05, 0.1) is 54.4 Å². The molecule has 360 valence electrons. The number of quaternary nitrogens is 2. The molecule has 0 aliphatic rings. The predicted octanol–water partition coefficient (Wildman–Crippen LogP) is 16.5. The van der Waals surface area contributed by atoms with Crippen molar-refractivity contribution in [3.05, 3.63) is 0 Å². The minimum atomic E-state index is -5.17. The van der Waals surface area contributed by atoms with Gasteiger partial charge in [-0.3, -0.25) is 8.42 Å². The van der Waals surface area contributed by atoms with Gasteiger partial charge >= 0.3 is 0 Å². The predicted molar refractivity (Wildman–Crippen MR) is 262 cm³/mol. The lowest BCUT2D eigenvalue weighted by Gasteiger charge is -2.30. The van der Waals surface area contributed by atoms with Crippen molar-refractivity contribution in [2.24, 2.45) is 0 Å². The van der Waals surface area contributed by atoms with Gasteiger partial charge in [-0.1, -0.05) is 233 Å². The smallest absolute Gasteiger partial charge is 0.0782 e. The monoisotopic (exact) mass is 861 g/mol. The van der Waals surface area contributed by atoms with Crippen LogP contribution in [0.15, 0.2) is 0 Å². The molecule has 0 heterocycles. The molecule has 0 aliphatic carbocycles. The van der Waals surface area contributed by atoms with E-state index in [1.807, 2.05) is 0 Å². The number of hydrogen-bond acceptors (Lipinski definition) is 4. The van der Waals surface area contributed by atoms with Crippen LogP contribution in [0.25, 0.3) is 0 Å². The number of unbranched alkanes of at least 4 members (excludes halogenated alkanes) is 36. The summed E-state index contributed by atoms with van der Waals surface area (Å²) in [6, 6.07) is 0. The Labute approximate surface area is 374 Å². The molecule has 0 aromatic carbocycles. The van der Waals surface area contributed by atoms with Crippen LogP contribution in [0, 0.1) is 0 Å². The Morgan fingerprint density at radius 1 is 0.254 bits per heavy atom. The lowest BCUT2D eigenvalue weighted by molar-refractivity contribution is -0.890. The summed E-state index contributed by atoms with van der Waals surface area (Å²) in [5.41, 5.74) is 0. The average molecular weight is 862 g/mol. The van der Waals surface area contributed by atoms with Crippen LogP contribution in [0.4, 0.5) is 0 Å². The highest BCUT2D eigenvalue weighted by atomic mass is 32.3. The largest absolute Gasteiger partial charge is 0.759 e. The zero-order valence-corrected chi connectivity index (χ0v) is 42.9. The molecule has 0 bridgehead atoms. The fourth-order valence-electron chi connectivity index (χ4n) is 8.33. The topological polar surface area (TPSA) is 80.3 Å². The van der Waals surface area contributed by atoms with Gasteiger partial charge in [-0.05, 0) is 51.4 Å². The van der Waals surface area contributed by atoms with Crippen LogP contribution in [-0.2, 0) is 10.4 Å². The standard InChI is InChI=1S/2C26H56N.H2O4S/c2*1-5-7-9-11-13-15-17-19-21-23-25-27(3,4)26-24-22-20-18-16-14-12-10-8-6-2;1-5(2,3)4/h2*5-26H2,1-4H3;(H2,1,2,3,4)/q2*+1;/p-2. The fourth-order valence-corrected chi connectivity index (χ4v) is 8.33. The molecule has 6 nitrogen and oxygen atoms in total. The van der Waals surface area contributed by atoms with E-state index in [4.69, 9.17) is 17.5 Å². The van der Waals surface area contributed by atoms with Gasteiger partial charge in [0.15, 0.2) is 0 Å². The van der Waals surface area contributed by atoms with E-state index in [9.17, 15) is 0 Å². The van der Waals surface area contributed by atoms with Crippen molar-refractivity contribution in [3.63, 3.8) is 0 Å². The molecule has 0 saturated carbocycles. The zero-order chi connectivity index (χ0) is 44.6. The first-order chi connectivity index (χ1) is 28.2. The Morgan fingerprint density at radius 2 is 0.356 bits per heavy atom. The second-order valence-corrected chi connectivity index (χ2v) is 20.7. The molecule has 0 aliphatic heterocycles. The van der Waals surface area contributed by atoms with E-state index in [2.05, 4.69) is 55.9 Å². The van der Waals surface area contributed by atoms with E-state index in [1.165, 1.54) is 292 Å². The fraction of sp³-hybridized carbons (Fsp3) is 1.00. The van der Waals surface area contributed by atoms with Gasteiger partial charge in [0.1, 0.15) is 0 Å². The molecule has 0 rings (SSSR count). The molecule has 7 heteroatoms. The minimum absolute atomic E-state index is 1.24. The normalized spacial score (nSPS) is 12.0. The quantitative estimate of drug-likeness (QED) is 0.0264. The van der Waals surface area contributed by atoms with Crippen molar-refractivity contribution in [1.82, 2.24) is 0 Å². The number of rotatable bonds is 44. The van der Waals surface area contributed by atoms with Gasteiger partial charge < -0.3 is 18.1 Å². The molecule has 0 spiro atoms. The Balaban J connectivity index is -0.000000951. The summed E-state index contributed by atoms with van der Waals surface area (Å²) in [5.74, 6) is 0. The molecule has 0 amide bonds. The average Bonchev–Trinajstić information content (AvgIpc) is 3.17. The summed E-state index contributed by atoms with van der Waals surface area (Å²) in [6.45, 7) is 14.7. The van der Waals surface area contributed by atoms with E-state index in [0.29, 0.717) is 0 Å². The maximum atomic E-state index is 8.52. The van der Waals surface area contributed by atoms with Gasteiger partial charge in [0.25, 0.3) is 0 Å². The van der Waals surface area contributed by atoms with Crippen LogP contribution in [-0.4, -0.2) is 80.9 Å². The van der Waals surface area contributed by atoms with Gasteiger partial charge in [0.2, 0.25) is 0 Å². The van der Waals surface area contributed by atoms with E-state index >= 15 is 0 Å². The molecule has 0 radical (unpaired) electrons. The van der Waals surface area contributed by atoms with Gasteiger partial charge in [-0.15, -0.1) is 0 Å². The van der Waals surface area contributed by atoms with E-state index < -0.39 is 10.4 Å². The van der Waals surface area contributed by atoms with E-state index in [-0.39, 0.29) is 0 Å². The molecule has 59 heavy (non-hydrogen) atoms. The van der Waals surface area contributed by atoms with Crippen LogP contribution < -0.4 is 0 Å². The highest BCUT2D eigenvalue weighted by Crippen LogP contribution is 2.16. The molecule has 0 saturated heterocycles. The summed E-state index contributed by atoms with van der Waals surface area (Å²) >= 11 is 0. The third-order valence-corrected chi connectivity index (χ3v) is 12.5. The second kappa shape index (κ2) is 48.8. The third kappa shape index (κ3) is 67.1. The van der Waals surface area contributed by atoms with Crippen LogP contribution >= 0.6 is 0 Å². The summed E-state index contributed by atoms with van der Waals surface area (Å²) in [7, 11) is 4.62. The van der Waals surface area contributed by atoms with E-state index in [0.717, 1.165) is 0 Å². The molecule has 0 N–H and O–H groups in total. The summed E-state index contributed by atoms with van der Waals surface area (Å²) in [5, 5.41) is 0. The van der Waals surface area contributed by atoms with Crippen molar-refractivity contribution < 1.29 is 26.5 Å². The lowest BCUT2D eigenvalue weighted by Crippen LogP contribution is -2.41. The molecule has 0 unspecified atom stereocenters. The Bertz CT molecular complexity index is 764. The van der Waals surface area contributed by atoms with Crippen LogP contribution in [0.5, 0.6) is 0 Å². The SMILES string of the molecule is CCCCCCCCCCCC[N+](C)(C)CCCCCCCCCCCC.CCCCCCCCCCCC[N+](C)(C)CCCCCCCCCCCC.O=S(=O)([O-])[O-]. The molecule has 0 aromatic rings. The van der Waals surface area contributed by atoms with Gasteiger partial charge in [-0.25, -0.2) is 0 Å². The molecular formula is C52H112N2O4S. The van der Waals surface area contributed by atoms with Crippen LogP contribution in [0.3, 0.4) is 0 Å². The van der Waals surface area contributed by atoms with E-state index in [1.54, 1.807) is 0 Å². The Hall–Kier alpha value is -0.210. The maximum Gasteiger partial charge on any atom is 0.0782 e. The molecule has 0 aromatic heterocycles. The molecule has 0 atom stereocenters. The summed E-state index contributed by atoms with van der Waals surface area (Å²) < 4.78 is 36.6. The lowest BCUT2D eigenvalue weighted by atomic mass is 10.1. The van der Waals surface area contributed by atoms with Crippen LogP contribution in [0.1, 0.15) is 285 Å². The number of hydrogen-bond donors (Lipinski definition) is 0. The van der Waals surface area contributed by atoms with Crippen molar-refractivity contribution >= 4 is 10.4 Å². The van der Waals surface area contributed by atoms with Crippen molar-refractivity contribution in [2.45, 2.75) is 285 Å². The first-order valence-corrected chi connectivity index (χ1v) is 27.9. The zero-order valence-electron chi connectivity index (χ0n) is 42.0. The number of nitrogens with zero attached hydrogens (tertiary/aromatic N) is 2. The maximum absolute atomic E-state index is 8.52. The highest BCUT2D eigenvalue weighted by Gasteiger charge is 2.14. The van der Waals surface area contributed by atoms with Crippen molar-refractivity contribution in [3.8, 4) is 0 Å². The molecular weight excluding hydrogens is 749 g/mol. The minimum Gasteiger partial charge on any atom is -0.759 e. The van der Waals surface area contributed by atoms with Gasteiger partial charge in [-0.2, -0.15) is 0 Å². The summed E-state index contributed by atoms with van der Waals surface area (Å²) in [4.78, 5) is 0. The van der Waals surface area contributed by atoms with Crippen molar-refractivity contribution in [1.29, 1.82) is 0 Å². The first kappa shape index (κ1) is 63.1. The Kier molecular flexibility index (Phi) is 52.2. The summed E-state index contributed by atoms with van der Waals surface area (Å²) in [6.07, 6.45) is 58.0. The van der Waals surface area contributed by atoms with Crippen LogP contribution in [0.2, 0.25) is 0 Å². The van der Waals surface area contributed by atoms with Crippen molar-refractivity contribution in [2.75, 3.05) is 54.4 Å². The Morgan fingerprint density at radius 3 is 0.475 bits per heavy atom. The third-order valence-electron chi connectivity index (χ3n) is 12.5. The second-order valence-electron chi connectivity index (χ2n) is 19.9. The van der Waals surface area contributed by atoms with Gasteiger partial charge in [0, 0.05) is 10.4 Å². The highest BCUT2D eigenvalue weighted by molar-refractivity contribution is 7.79. The molecule has 0 fully saturated rings. The first-order valence-electron chi connectivity index (χ1n) is 26.5.